The summed E-state index contributed by atoms with van der Waals surface area (Å²) in [6, 6.07) is 3.55. The minimum Gasteiger partial charge on any atom is -0.372 e. The summed E-state index contributed by atoms with van der Waals surface area (Å²) < 4.78 is 20.7. The SMILES string of the molecule is Cc1ccc(C(O)NS(=O)O)s1. The lowest BCUT2D eigenvalue weighted by molar-refractivity contribution is 0.169. The molecular formula is C6H9NO3S2. The van der Waals surface area contributed by atoms with Gasteiger partial charge in [0.25, 0.3) is 0 Å². The summed E-state index contributed by atoms with van der Waals surface area (Å²) in [7, 11) is 0. The molecule has 0 fully saturated rings. The molecule has 0 saturated heterocycles. The van der Waals surface area contributed by atoms with E-state index in [-0.39, 0.29) is 0 Å². The Morgan fingerprint density at radius 2 is 2.33 bits per heavy atom. The molecule has 12 heavy (non-hydrogen) atoms. The monoisotopic (exact) mass is 207 g/mol. The number of rotatable bonds is 3. The van der Waals surface area contributed by atoms with Gasteiger partial charge in [-0.1, -0.05) is 0 Å². The summed E-state index contributed by atoms with van der Waals surface area (Å²) in [5.41, 5.74) is 0. The van der Waals surface area contributed by atoms with Crippen molar-refractivity contribution in [1.82, 2.24) is 4.72 Å². The van der Waals surface area contributed by atoms with E-state index in [1.54, 1.807) is 6.07 Å². The average molecular weight is 207 g/mol. The maximum Gasteiger partial charge on any atom is 0.234 e. The second-order valence-electron chi connectivity index (χ2n) is 2.22. The Labute approximate surface area is 76.7 Å². The van der Waals surface area contributed by atoms with Crippen molar-refractivity contribution in [2.24, 2.45) is 0 Å². The highest BCUT2D eigenvalue weighted by molar-refractivity contribution is 7.77. The second kappa shape index (κ2) is 4.11. The fourth-order valence-corrected chi connectivity index (χ4v) is 1.96. The summed E-state index contributed by atoms with van der Waals surface area (Å²) in [6.07, 6.45) is -1.06. The van der Waals surface area contributed by atoms with Crippen LogP contribution in [0.3, 0.4) is 0 Å². The number of aryl methyl sites for hydroxylation is 1. The molecule has 0 spiro atoms. The van der Waals surface area contributed by atoms with Gasteiger partial charge in [0, 0.05) is 9.75 Å². The molecule has 0 aromatic carbocycles. The summed E-state index contributed by atoms with van der Waals surface area (Å²) >= 11 is -0.800. The molecular weight excluding hydrogens is 198 g/mol. The number of hydrogen-bond acceptors (Lipinski definition) is 3. The van der Waals surface area contributed by atoms with E-state index in [9.17, 15) is 9.32 Å². The fourth-order valence-electron chi connectivity index (χ4n) is 0.754. The van der Waals surface area contributed by atoms with Gasteiger partial charge in [-0.15, -0.1) is 11.3 Å². The zero-order valence-corrected chi connectivity index (χ0v) is 7.98. The minimum absolute atomic E-state index is 0.634. The van der Waals surface area contributed by atoms with Gasteiger partial charge in [-0.2, -0.15) is 4.72 Å². The van der Waals surface area contributed by atoms with Crippen LogP contribution in [0.4, 0.5) is 0 Å². The molecule has 0 bridgehead atoms. The number of hydrogen-bond donors (Lipinski definition) is 3. The van der Waals surface area contributed by atoms with Crippen LogP contribution in [0, 0.1) is 6.92 Å². The lowest BCUT2D eigenvalue weighted by atomic mass is 10.4. The normalized spacial score (nSPS) is 15.9. The van der Waals surface area contributed by atoms with Gasteiger partial charge in [0.05, 0.1) is 0 Å². The first kappa shape index (κ1) is 9.82. The molecule has 68 valence electrons. The highest BCUT2D eigenvalue weighted by Crippen LogP contribution is 2.20. The molecule has 3 N–H and O–H groups in total. The quantitative estimate of drug-likeness (QED) is 0.506. The Kier molecular flexibility index (Phi) is 3.36. The van der Waals surface area contributed by atoms with Crippen LogP contribution >= 0.6 is 11.3 Å². The van der Waals surface area contributed by atoms with Crippen molar-refractivity contribution in [2.75, 3.05) is 0 Å². The molecule has 0 radical (unpaired) electrons. The van der Waals surface area contributed by atoms with E-state index in [1.165, 1.54) is 11.3 Å². The molecule has 0 saturated carbocycles. The van der Waals surface area contributed by atoms with Gasteiger partial charge in [-0.25, -0.2) is 4.21 Å². The molecule has 1 heterocycles. The lowest BCUT2D eigenvalue weighted by Gasteiger charge is -2.05. The Balaban J connectivity index is 2.64. The first-order chi connectivity index (χ1) is 5.59. The molecule has 0 aliphatic rings. The zero-order valence-electron chi connectivity index (χ0n) is 6.35. The van der Waals surface area contributed by atoms with Gasteiger partial charge in [0.15, 0.2) is 6.23 Å². The highest BCUT2D eigenvalue weighted by atomic mass is 32.2. The van der Waals surface area contributed by atoms with Crippen LogP contribution < -0.4 is 4.72 Å². The second-order valence-corrected chi connectivity index (χ2v) is 4.27. The zero-order chi connectivity index (χ0) is 9.14. The van der Waals surface area contributed by atoms with Gasteiger partial charge in [0.2, 0.25) is 11.3 Å². The van der Waals surface area contributed by atoms with E-state index in [0.29, 0.717) is 4.88 Å². The summed E-state index contributed by atoms with van der Waals surface area (Å²) in [5.74, 6) is 0. The Bertz CT molecular complexity index is 286. The molecule has 1 aromatic heterocycles. The molecule has 1 aromatic rings. The predicted molar refractivity (Wildman–Crippen MR) is 47.9 cm³/mol. The van der Waals surface area contributed by atoms with Crippen molar-refractivity contribution >= 4 is 22.6 Å². The van der Waals surface area contributed by atoms with Gasteiger partial charge in [-0.3, -0.25) is 4.55 Å². The van der Waals surface area contributed by atoms with Gasteiger partial charge in [0.1, 0.15) is 0 Å². The largest absolute Gasteiger partial charge is 0.372 e. The third-order valence-corrected chi connectivity index (χ3v) is 2.72. The summed E-state index contributed by atoms with van der Waals surface area (Å²) in [6.45, 7) is 1.90. The van der Waals surface area contributed by atoms with Crippen LogP contribution in [0.2, 0.25) is 0 Å². The molecule has 6 heteroatoms. The van der Waals surface area contributed by atoms with Crippen molar-refractivity contribution in [3.8, 4) is 0 Å². The molecule has 0 aliphatic carbocycles. The summed E-state index contributed by atoms with van der Waals surface area (Å²) in [4.78, 5) is 1.68. The van der Waals surface area contributed by atoms with Crippen LogP contribution in [-0.2, 0) is 11.3 Å². The van der Waals surface area contributed by atoms with Crippen molar-refractivity contribution < 1.29 is 13.9 Å². The maximum absolute atomic E-state index is 10.2. The standard InChI is InChI=1S/C6H9NO3S2/c1-4-2-3-5(11-4)6(8)7-12(9)10/h2-3,6-8H,1H3,(H,9,10). The Morgan fingerprint density at radius 1 is 1.67 bits per heavy atom. The average Bonchev–Trinajstić information content (AvgIpc) is 2.34. The minimum atomic E-state index is -2.18. The topological polar surface area (TPSA) is 69.6 Å². The first-order valence-electron chi connectivity index (χ1n) is 3.21. The number of aliphatic hydroxyl groups is 1. The molecule has 1 rings (SSSR count). The van der Waals surface area contributed by atoms with E-state index in [4.69, 9.17) is 4.55 Å². The highest BCUT2D eigenvalue weighted by Gasteiger charge is 2.10. The predicted octanol–water partition coefficient (Wildman–Crippen LogP) is 0.774. The van der Waals surface area contributed by atoms with E-state index in [2.05, 4.69) is 4.72 Å². The lowest BCUT2D eigenvalue weighted by Crippen LogP contribution is -2.21. The Hall–Kier alpha value is -0.270. The third kappa shape index (κ3) is 2.65. The van der Waals surface area contributed by atoms with Gasteiger partial charge in [-0.05, 0) is 19.1 Å². The smallest absolute Gasteiger partial charge is 0.234 e. The van der Waals surface area contributed by atoms with E-state index >= 15 is 0 Å². The van der Waals surface area contributed by atoms with Crippen LogP contribution in [-0.4, -0.2) is 13.9 Å². The van der Waals surface area contributed by atoms with Crippen LogP contribution in [0.15, 0.2) is 12.1 Å². The summed E-state index contributed by atoms with van der Waals surface area (Å²) in [5, 5.41) is 9.25. The van der Waals surface area contributed by atoms with Crippen molar-refractivity contribution in [3.63, 3.8) is 0 Å². The van der Waals surface area contributed by atoms with Crippen molar-refractivity contribution in [1.29, 1.82) is 0 Å². The molecule has 0 aliphatic heterocycles. The van der Waals surface area contributed by atoms with Crippen LogP contribution in [0.5, 0.6) is 0 Å². The number of thiophene rings is 1. The Morgan fingerprint density at radius 3 is 2.75 bits per heavy atom. The van der Waals surface area contributed by atoms with Crippen molar-refractivity contribution in [3.05, 3.63) is 21.9 Å². The fraction of sp³-hybridized carbons (Fsp3) is 0.333. The maximum atomic E-state index is 10.2. The van der Waals surface area contributed by atoms with Gasteiger partial charge >= 0.3 is 0 Å². The molecule has 2 atom stereocenters. The molecule has 2 unspecified atom stereocenters. The number of aliphatic hydroxyl groups excluding tert-OH is 1. The van der Waals surface area contributed by atoms with Gasteiger partial charge < -0.3 is 5.11 Å². The molecule has 0 amide bonds. The first-order valence-corrected chi connectivity index (χ1v) is 5.13. The number of nitrogens with one attached hydrogen (secondary N) is 1. The van der Waals surface area contributed by atoms with Crippen LogP contribution in [0.25, 0.3) is 0 Å². The van der Waals surface area contributed by atoms with E-state index in [0.717, 1.165) is 4.88 Å². The van der Waals surface area contributed by atoms with E-state index in [1.807, 2.05) is 13.0 Å². The van der Waals surface area contributed by atoms with Crippen LogP contribution in [0.1, 0.15) is 16.0 Å². The molecule has 4 nitrogen and oxygen atoms in total. The van der Waals surface area contributed by atoms with Crippen molar-refractivity contribution in [2.45, 2.75) is 13.2 Å². The van der Waals surface area contributed by atoms with E-state index < -0.39 is 17.5 Å². The third-order valence-electron chi connectivity index (χ3n) is 1.24.